The first kappa shape index (κ1) is 15.9. The van der Waals surface area contributed by atoms with E-state index in [1.807, 2.05) is 45.0 Å². The molecule has 96 valence electrons. The average molecular weight is 236 g/mol. The second kappa shape index (κ2) is 10.0. The van der Waals surface area contributed by atoms with Crippen molar-refractivity contribution in [1.82, 2.24) is 0 Å². The van der Waals surface area contributed by atoms with Crippen LogP contribution in [0, 0.1) is 0 Å². The van der Waals surface area contributed by atoms with Crippen molar-refractivity contribution in [3.05, 3.63) is 35.4 Å². The van der Waals surface area contributed by atoms with E-state index in [1.165, 1.54) is 5.56 Å². The fourth-order valence-electron chi connectivity index (χ4n) is 1.50. The first-order chi connectivity index (χ1) is 8.27. The smallest absolute Gasteiger partial charge is 0.162 e. The van der Waals surface area contributed by atoms with Crippen LogP contribution >= 0.6 is 0 Å². The number of Topliss-reactive ketones (excluding diaryl/α,β-unsaturated/α-hetero) is 1. The van der Waals surface area contributed by atoms with Crippen LogP contribution in [-0.2, 0) is 6.42 Å². The van der Waals surface area contributed by atoms with Crippen LogP contribution in [-0.4, -0.2) is 17.5 Å². The zero-order chi connectivity index (χ0) is 13.1. The summed E-state index contributed by atoms with van der Waals surface area (Å²) in [6.45, 7) is 6.13. The first-order valence-electron chi connectivity index (χ1n) is 6.51. The molecule has 0 atom stereocenters. The van der Waals surface area contributed by atoms with Crippen LogP contribution in [0.4, 0.5) is 0 Å². The van der Waals surface area contributed by atoms with Gasteiger partial charge < -0.3 is 5.11 Å². The van der Waals surface area contributed by atoms with Crippen molar-refractivity contribution in [2.45, 2.75) is 46.5 Å². The lowest BCUT2D eigenvalue weighted by atomic mass is 10.0. The molecule has 0 heterocycles. The molecule has 17 heavy (non-hydrogen) atoms. The molecule has 0 radical (unpaired) electrons. The molecule has 0 unspecified atom stereocenters. The van der Waals surface area contributed by atoms with Crippen molar-refractivity contribution in [2.75, 3.05) is 6.61 Å². The molecule has 1 aromatic rings. The Kier molecular flexibility index (Phi) is 9.35. The summed E-state index contributed by atoms with van der Waals surface area (Å²) >= 11 is 0. The minimum absolute atomic E-state index is 0.192. The minimum Gasteiger partial charge on any atom is -0.396 e. The Morgan fingerprint density at radius 3 is 2.18 bits per heavy atom. The highest BCUT2D eigenvalue weighted by Gasteiger charge is 2.01. The number of aliphatic hydroxyl groups excluding tert-OH is 1. The van der Waals surface area contributed by atoms with E-state index in [9.17, 15) is 4.79 Å². The van der Waals surface area contributed by atoms with Gasteiger partial charge in [0.15, 0.2) is 5.78 Å². The van der Waals surface area contributed by atoms with Crippen LogP contribution in [0.15, 0.2) is 24.3 Å². The molecule has 1 N–H and O–H groups in total. The number of unbranched alkanes of at least 4 members (excludes halogenated alkanes) is 1. The van der Waals surface area contributed by atoms with E-state index < -0.39 is 0 Å². The number of hydrogen-bond donors (Lipinski definition) is 1. The molecule has 0 saturated carbocycles. The monoisotopic (exact) mass is 236 g/mol. The van der Waals surface area contributed by atoms with Gasteiger partial charge in [-0.05, 0) is 24.8 Å². The molecule has 2 nitrogen and oxygen atoms in total. The average Bonchev–Trinajstić information content (AvgIpc) is 2.41. The number of aliphatic hydroxyl groups is 1. The van der Waals surface area contributed by atoms with E-state index in [4.69, 9.17) is 5.11 Å². The Morgan fingerprint density at radius 2 is 1.71 bits per heavy atom. The summed E-state index contributed by atoms with van der Waals surface area (Å²) in [7, 11) is 0. The molecule has 0 fully saturated rings. The van der Waals surface area contributed by atoms with E-state index in [0.717, 1.165) is 24.8 Å². The summed E-state index contributed by atoms with van der Waals surface area (Å²) in [5.74, 6) is 0.192. The van der Waals surface area contributed by atoms with E-state index >= 15 is 0 Å². The van der Waals surface area contributed by atoms with Crippen LogP contribution in [0.1, 0.15) is 56.0 Å². The molecule has 0 aliphatic carbocycles. The number of rotatable bonds is 6. The van der Waals surface area contributed by atoms with Gasteiger partial charge in [0.05, 0.1) is 0 Å². The highest BCUT2D eigenvalue weighted by atomic mass is 16.2. The Morgan fingerprint density at radius 1 is 1.12 bits per heavy atom. The third-order valence-corrected chi connectivity index (χ3v) is 2.47. The SMILES string of the molecule is CC.CCC(=O)c1ccc(CCCCO)cc1. The Balaban J connectivity index is 0.00000121. The third kappa shape index (κ3) is 6.22. The summed E-state index contributed by atoms with van der Waals surface area (Å²) in [5.41, 5.74) is 2.03. The maximum absolute atomic E-state index is 11.4. The number of benzene rings is 1. The van der Waals surface area contributed by atoms with Crippen molar-refractivity contribution in [2.24, 2.45) is 0 Å². The van der Waals surface area contributed by atoms with E-state index in [0.29, 0.717) is 6.42 Å². The minimum atomic E-state index is 0.192. The topological polar surface area (TPSA) is 37.3 Å². The van der Waals surface area contributed by atoms with Gasteiger partial charge in [-0.2, -0.15) is 0 Å². The third-order valence-electron chi connectivity index (χ3n) is 2.47. The Hall–Kier alpha value is -1.15. The van der Waals surface area contributed by atoms with Crippen LogP contribution in [0.25, 0.3) is 0 Å². The zero-order valence-electron chi connectivity index (χ0n) is 11.2. The fourth-order valence-corrected chi connectivity index (χ4v) is 1.50. The van der Waals surface area contributed by atoms with Crippen molar-refractivity contribution in [3.8, 4) is 0 Å². The van der Waals surface area contributed by atoms with Crippen LogP contribution in [0.3, 0.4) is 0 Å². The van der Waals surface area contributed by atoms with E-state index in [1.54, 1.807) is 0 Å². The molecule has 2 heteroatoms. The Bertz CT molecular complexity index is 301. The molecule has 1 rings (SSSR count). The highest BCUT2D eigenvalue weighted by Crippen LogP contribution is 2.09. The number of hydrogen-bond acceptors (Lipinski definition) is 2. The summed E-state index contributed by atoms with van der Waals surface area (Å²) in [4.78, 5) is 11.4. The Labute approximate surface area is 105 Å². The molecule has 0 spiro atoms. The lowest BCUT2D eigenvalue weighted by molar-refractivity contribution is 0.0988. The lowest BCUT2D eigenvalue weighted by Crippen LogP contribution is -1.96. The molecule has 0 aromatic heterocycles. The molecule has 1 aromatic carbocycles. The van der Waals surface area contributed by atoms with Crippen LogP contribution < -0.4 is 0 Å². The van der Waals surface area contributed by atoms with Gasteiger partial charge in [0, 0.05) is 18.6 Å². The molecular formula is C15H24O2. The van der Waals surface area contributed by atoms with E-state index in [2.05, 4.69) is 0 Å². The van der Waals surface area contributed by atoms with Crippen molar-refractivity contribution >= 4 is 5.78 Å². The maximum atomic E-state index is 11.4. The number of carbonyl (C=O) groups excluding carboxylic acids is 1. The summed E-state index contributed by atoms with van der Waals surface area (Å²) < 4.78 is 0. The van der Waals surface area contributed by atoms with Gasteiger partial charge in [-0.25, -0.2) is 0 Å². The van der Waals surface area contributed by atoms with Gasteiger partial charge in [-0.3, -0.25) is 4.79 Å². The van der Waals surface area contributed by atoms with Crippen LogP contribution in [0.5, 0.6) is 0 Å². The van der Waals surface area contributed by atoms with Gasteiger partial charge in [0.2, 0.25) is 0 Å². The normalized spacial score (nSPS) is 9.41. The van der Waals surface area contributed by atoms with Gasteiger partial charge >= 0.3 is 0 Å². The number of ketones is 1. The molecule has 0 aliphatic heterocycles. The van der Waals surface area contributed by atoms with Crippen molar-refractivity contribution in [3.63, 3.8) is 0 Å². The van der Waals surface area contributed by atoms with Gasteiger partial charge in [0.1, 0.15) is 0 Å². The number of aryl methyl sites for hydroxylation is 1. The summed E-state index contributed by atoms with van der Waals surface area (Å²) in [6, 6.07) is 7.78. The first-order valence-corrected chi connectivity index (χ1v) is 6.51. The maximum Gasteiger partial charge on any atom is 0.162 e. The predicted molar refractivity (Wildman–Crippen MR) is 72.4 cm³/mol. The zero-order valence-corrected chi connectivity index (χ0v) is 11.2. The molecule has 0 aliphatic rings. The second-order valence-electron chi connectivity index (χ2n) is 3.65. The standard InChI is InChI=1S/C13H18O2.C2H6/c1-2-13(15)12-8-6-11(7-9-12)5-3-4-10-14;1-2/h6-9,14H,2-5,10H2,1H3;1-2H3. The highest BCUT2D eigenvalue weighted by molar-refractivity contribution is 5.95. The van der Waals surface area contributed by atoms with E-state index in [-0.39, 0.29) is 12.4 Å². The van der Waals surface area contributed by atoms with Crippen molar-refractivity contribution < 1.29 is 9.90 Å². The van der Waals surface area contributed by atoms with Crippen molar-refractivity contribution in [1.29, 1.82) is 0 Å². The molecular weight excluding hydrogens is 212 g/mol. The predicted octanol–water partition coefficient (Wildman–Crippen LogP) is 3.62. The second-order valence-corrected chi connectivity index (χ2v) is 3.65. The van der Waals surface area contributed by atoms with Gasteiger partial charge in [-0.15, -0.1) is 0 Å². The lowest BCUT2D eigenvalue weighted by Gasteiger charge is -2.02. The molecule has 0 amide bonds. The summed E-state index contributed by atoms with van der Waals surface area (Å²) in [5, 5.41) is 8.65. The number of carbonyl (C=O) groups is 1. The van der Waals surface area contributed by atoms with Gasteiger partial charge in [0.25, 0.3) is 0 Å². The molecule has 0 saturated heterocycles. The van der Waals surface area contributed by atoms with Gasteiger partial charge in [-0.1, -0.05) is 45.0 Å². The summed E-state index contributed by atoms with van der Waals surface area (Å²) in [6.07, 6.45) is 3.37. The van der Waals surface area contributed by atoms with Crippen LogP contribution in [0.2, 0.25) is 0 Å². The quantitative estimate of drug-likeness (QED) is 0.605. The molecule has 0 bridgehead atoms. The largest absolute Gasteiger partial charge is 0.396 e. The fraction of sp³-hybridized carbons (Fsp3) is 0.533.